The van der Waals surface area contributed by atoms with Crippen molar-refractivity contribution in [2.45, 2.75) is 20.3 Å². The van der Waals surface area contributed by atoms with E-state index in [-0.39, 0.29) is 5.91 Å². The average molecular weight is 298 g/mol. The zero-order chi connectivity index (χ0) is 15.2. The third-order valence-electron chi connectivity index (χ3n) is 3.19. The summed E-state index contributed by atoms with van der Waals surface area (Å²) in [5, 5.41) is 6.08. The molecule has 2 aromatic carbocycles. The van der Waals surface area contributed by atoms with E-state index in [1.807, 2.05) is 43.3 Å². The van der Waals surface area contributed by atoms with E-state index in [0.717, 1.165) is 23.2 Å². The van der Waals surface area contributed by atoms with Gasteiger partial charge >= 0.3 is 0 Å². The van der Waals surface area contributed by atoms with Gasteiger partial charge in [-0.15, -0.1) is 0 Å². The molecule has 1 amide bonds. The third-order valence-corrected chi connectivity index (χ3v) is 3.39. The second kappa shape index (κ2) is 6.99. The van der Waals surface area contributed by atoms with E-state index in [2.05, 4.69) is 17.6 Å². The molecule has 21 heavy (non-hydrogen) atoms. The van der Waals surface area contributed by atoms with Crippen LogP contribution < -0.4 is 10.6 Å². The van der Waals surface area contributed by atoms with Crippen molar-refractivity contribution in [3.63, 3.8) is 0 Å². The second-order valence-corrected chi connectivity index (χ2v) is 5.19. The van der Waals surface area contributed by atoms with Crippen LogP contribution in [0.25, 0.3) is 0 Å². The highest BCUT2D eigenvalue weighted by Crippen LogP contribution is 2.15. The van der Waals surface area contributed by atoms with Gasteiger partial charge in [0.25, 0.3) is 5.91 Å². The summed E-state index contributed by atoms with van der Waals surface area (Å²) in [5.41, 5.74) is 3.79. The van der Waals surface area contributed by atoms with Crippen LogP contribution in [0.15, 0.2) is 48.5 Å². The number of thiocarbonyl (C=S) groups is 1. The predicted octanol–water partition coefficient (Wildman–Crippen LogP) is 3.68. The van der Waals surface area contributed by atoms with Crippen molar-refractivity contribution in [1.29, 1.82) is 0 Å². The molecule has 2 N–H and O–H groups in total. The Morgan fingerprint density at radius 1 is 1.10 bits per heavy atom. The molecule has 3 nitrogen and oxygen atoms in total. The molecule has 0 fully saturated rings. The molecule has 0 unspecified atom stereocenters. The lowest BCUT2D eigenvalue weighted by Crippen LogP contribution is -2.34. The van der Waals surface area contributed by atoms with E-state index in [1.165, 1.54) is 0 Å². The predicted molar refractivity (Wildman–Crippen MR) is 90.7 cm³/mol. The van der Waals surface area contributed by atoms with Gasteiger partial charge in [0.2, 0.25) is 0 Å². The monoisotopic (exact) mass is 298 g/mol. The molecule has 0 saturated heterocycles. The van der Waals surface area contributed by atoms with Crippen molar-refractivity contribution in [3.05, 3.63) is 65.2 Å². The van der Waals surface area contributed by atoms with Crippen molar-refractivity contribution < 1.29 is 4.79 Å². The van der Waals surface area contributed by atoms with Gasteiger partial charge in [-0.25, -0.2) is 0 Å². The first-order valence-corrected chi connectivity index (χ1v) is 7.28. The van der Waals surface area contributed by atoms with Gasteiger partial charge in [-0.05, 0) is 49.3 Å². The van der Waals surface area contributed by atoms with E-state index >= 15 is 0 Å². The minimum atomic E-state index is -0.207. The summed E-state index contributed by atoms with van der Waals surface area (Å²) >= 11 is 5.20. The van der Waals surface area contributed by atoms with Crippen LogP contribution in [0.5, 0.6) is 0 Å². The summed E-state index contributed by atoms with van der Waals surface area (Å²) in [6.45, 7) is 4.06. The van der Waals surface area contributed by atoms with Gasteiger partial charge in [-0.1, -0.05) is 42.8 Å². The van der Waals surface area contributed by atoms with Crippen molar-refractivity contribution in [1.82, 2.24) is 5.32 Å². The molecule has 0 aromatic heterocycles. The molecule has 2 rings (SSSR count). The van der Waals surface area contributed by atoms with E-state index < -0.39 is 0 Å². The Morgan fingerprint density at radius 2 is 1.76 bits per heavy atom. The Balaban J connectivity index is 2.01. The topological polar surface area (TPSA) is 41.1 Å². The number of hydrogen-bond donors (Lipinski definition) is 2. The Bertz CT molecular complexity index is 650. The summed E-state index contributed by atoms with van der Waals surface area (Å²) in [7, 11) is 0. The van der Waals surface area contributed by atoms with Crippen LogP contribution in [-0.2, 0) is 6.42 Å². The smallest absolute Gasteiger partial charge is 0.257 e. The number of carbonyl (C=O) groups excluding carboxylic acids is 1. The normalized spacial score (nSPS) is 10.0. The molecular weight excluding hydrogens is 280 g/mol. The molecule has 4 heteroatoms. The van der Waals surface area contributed by atoms with Crippen molar-refractivity contribution in [2.75, 3.05) is 5.32 Å². The molecular formula is C17H18N2OS. The molecule has 0 bridgehead atoms. The molecule has 0 aliphatic carbocycles. The lowest BCUT2D eigenvalue weighted by atomic mass is 10.1. The Hall–Kier alpha value is -2.20. The van der Waals surface area contributed by atoms with Gasteiger partial charge in [0.05, 0.1) is 0 Å². The summed E-state index contributed by atoms with van der Waals surface area (Å²) in [6, 6.07) is 15.3. The maximum absolute atomic E-state index is 12.1. The number of hydrogen-bond acceptors (Lipinski definition) is 2. The van der Waals surface area contributed by atoms with Gasteiger partial charge in [0.15, 0.2) is 5.11 Å². The fourth-order valence-electron chi connectivity index (χ4n) is 1.98. The molecule has 0 atom stereocenters. The van der Waals surface area contributed by atoms with Crippen LogP contribution >= 0.6 is 12.2 Å². The fourth-order valence-corrected chi connectivity index (χ4v) is 2.19. The molecule has 0 aliphatic rings. The van der Waals surface area contributed by atoms with Crippen LogP contribution in [0.3, 0.4) is 0 Å². The summed E-state index contributed by atoms with van der Waals surface area (Å²) in [4.78, 5) is 12.1. The number of carbonyl (C=O) groups is 1. The number of amides is 1. The highest BCUT2D eigenvalue weighted by molar-refractivity contribution is 7.80. The van der Waals surface area contributed by atoms with Crippen molar-refractivity contribution >= 4 is 28.9 Å². The third kappa shape index (κ3) is 4.13. The molecule has 108 valence electrons. The minimum absolute atomic E-state index is 0.207. The average Bonchev–Trinajstić information content (AvgIpc) is 2.48. The number of nitrogens with one attached hydrogen (secondary N) is 2. The zero-order valence-corrected chi connectivity index (χ0v) is 13.0. The number of anilines is 1. The van der Waals surface area contributed by atoms with E-state index in [1.54, 1.807) is 12.1 Å². The largest absolute Gasteiger partial charge is 0.332 e. The molecule has 0 heterocycles. The molecule has 0 spiro atoms. The quantitative estimate of drug-likeness (QED) is 0.849. The van der Waals surface area contributed by atoms with E-state index in [0.29, 0.717) is 10.7 Å². The van der Waals surface area contributed by atoms with Crippen LogP contribution in [-0.4, -0.2) is 11.0 Å². The lowest BCUT2D eigenvalue weighted by Gasteiger charge is -2.12. The standard InChI is InChI=1S/C17H18N2OS/c1-3-13-6-4-5-7-15(13)18-17(21)19-16(20)14-10-8-12(2)9-11-14/h4-11H,3H2,1-2H3,(H2,18,19,20,21). The summed E-state index contributed by atoms with van der Waals surface area (Å²) in [6.07, 6.45) is 0.900. The van der Waals surface area contributed by atoms with Crippen LogP contribution in [0.4, 0.5) is 5.69 Å². The number of para-hydroxylation sites is 1. The van der Waals surface area contributed by atoms with Gasteiger partial charge in [-0.2, -0.15) is 0 Å². The molecule has 2 aromatic rings. The first kappa shape index (κ1) is 15.2. The Kier molecular flexibility index (Phi) is 5.06. The van der Waals surface area contributed by atoms with E-state index in [4.69, 9.17) is 12.2 Å². The number of benzene rings is 2. The molecule has 0 radical (unpaired) electrons. The number of aryl methyl sites for hydroxylation is 2. The summed E-state index contributed by atoms with van der Waals surface area (Å²) in [5.74, 6) is -0.207. The maximum Gasteiger partial charge on any atom is 0.257 e. The molecule has 0 saturated carbocycles. The SMILES string of the molecule is CCc1ccccc1NC(=S)NC(=O)c1ccc(C)cc1. The minimum Gasteiger partial charge on any atom is -0.332 e. The highest BCUT2D eigenvalue weighted by Gasteiger charge is 2.08. The van der Waals surface area contributed by atoms with Gasteiger partial charge in [0.1, 0.15) is 0 Å². The van der Waals surface area contributed by atoms with Gasteiger partial charge in [-0.3, -0.25) is 10.1 Å². The number of rotatable bonds is 3. The maximum atomic E-state index is 12.1. The lowest BCUT2D eigenvalue weighted by molar-refractivity contribution is 0.0978. The highest BCUT2D eigenvalue weighted by atomic mass is 32.1. The Morgan fingerprint density at radius 3 is 2.43 bits per heavy atom. The van der Waals surface area contributed by atoms with E-state index in [9.17, 15) is 4.79 Å². The Labute approximate surface area is 130 Å². The van der Waals surface area contributed by atoms with Crippen LogP contribution in [0, 0.1) is 6.92 Å². The van der Waals surface area contributed by atoms with Crippen molar-refractivity contribution in [2.24, 2.45) is 0 Å². The van der Waals surface area contributed by atoms with Gasteiger partial charge < -0.3 is 5.32 Å². The summed E-state index contributed by atoms with van der Waals surface area (Å²) < 4.78 is 0. The fraction of sp³-hybridized carbons (Fsp3) is 0.176. The van der Waals surface area contributed by atoms with Crippen molar-refractivity contribution in [3.8, 4) is 0 Å². The van der Waals surface area contributed by atoms with Crippen LogP contribution in [0.2, 0.25) is 0 Å². The second-order valence-electron chi connectivity index (χ2n) is 4.78. The first-order valence-electron chi connectivity index (χ1n) is 6.87. The first-order chi connectivity index (χ1) is 10.1. The van der Waals surface area contributed by atoms with Gasteiger partial charge in [0, 0.05) is 11.3 Å². The molecule has 0 aliphatic heterocycles. The zero-order valence-electron chi connectivity index (χ0n) is 12.1. The van der Waals surface area contributed by atoms with Crippen LogP contribution in [0.1, 0.15) is 28.4 Å².